The van der Waals surface area contributed by atoms with E-state index in [0.29, 0.717) is 12.3 Å². The first kappa shape index (κ1) is 10.5. The summed E-state index contributed by atoms with van der Waals surface area (Å²) in [6, 6.07) is 4.87. The highest BCUT2D eigenvalue weighted by Gasteiger charge is 2.12. The van der Waals surface area contributed by atoms with Gasteiger partial charge in [0.2, 0.25) is 0 Å². The van der Waals surface area contributed by atoms with Gasteiger partial charge in [-0.1, -0.05) is 0 Å². The molecule has 1 rings (SSSR count). The molecule has 0 heterocycles. The Morgan fingerprint density at radius 1 is 1.57 bits per heavy atom. The van der Waals surface area contributed by atoms with E-state index in [1.807, 2.05) is 0 Å². The van der Waals surface area contributed by atoms with E-state index >= 15 is 0 Å². The van der Waals surface area contributed by atoms with Gasteiger partial charge in [-0.3, -0.25) is 10.1 Å². The lowest BCUT2D eigenvalue weighted by Crippen LogP contribution is -1.98. The first-order valence-electron chi connectivity index (χ1n) is 4.13. The van der Waals surface area contributed by atoms with Crippen LogP contribution in [0.15, 0.2) is 18.2 Å². The van der Waals surface area contributed by atoms with Gasteiger partial charge < -0.3 is 10.1 Å². The molecule has 0 aliphatic rings. The third-order valence-electron chi connectivity index (χ3n) is 1.84. The summed E-state index contributed by atoms with van der Waals surface area (Å²) in [6.07, 6.45) is 0. The normalized spacial score (nSPS) is 9.86. The Balaban J connectivity index is 3.05. The molecule has 0 aliphatic heterocycles. The van der Waals surface area contributed by atoms with Gasteiger partial charge in [-0.2, -0.15) is 0 Å². The number of ether oxygens (including phenoxy) is 1. The maximum Gasteiger partial charge on any atom is 0.292 e. The largest absolute Gasteiger partial charge is 0.383 e. The number of nitrogens with one attached hydrogen (secondary N) is 1. The maximum absolute atomic E-state index is 10.6. The lowest BCUT2D eigenvalue weighted by molar-refractivity contribution is -0.384. The number of rotatable bonds is 4. The molecule has 0 aromatic heterocycles. The van der Waals surface area contributed by atoms with E-state index in [1.54, 1.807) is 26.3 Å². The lowest BCUT2D eigenvalue weighted by Gasteiger charge is -2.04. The van der Waals surface area contributed by atoms with E-state index in [9.17, 15) is 10.1 Å². The molecule has 0 radical (unpaired) electrons. The second kappa shape index (κ2) is 4.57. The fourth-order valence-corrected chi connectivity index (χ4v) is 1.20. The SMILES string of the molecule is CNc1cc(COC)ccc1[N+](=O)[O-]. The number of anilines is 1. The van der Waals surface area contributed by atoms with Crippen molar-refractivity contribution < 1.29 is 9.66 Å². The molecular weight excluding hydrogens is 184 g/mol. The molecule has 1 aromatic carbocycles. The van der Waals surface area contributed by atoms with Crippen LogP contribution in [-0.2, 0) is 11.3 Å². The number of benzene rings is 1. The van der Waals surface area contributed by atoms with Crippen molar-refractivity contribution >= 4 is 11.4 Å². The van der Waals surface area contributed by atoms with Crippen LogP contribution in [0.2, 0.25) is 0 Å². The van der Waals surface area contributed by atoms with Gasteiger partial charge in [0.15, 0.2) is 0 Å². The Morgan fingerprint density at radius 3 is 2.79 bits per heavy atom. The van der Waals surface area contributed by atoms with Crippen molar-refractivity contribution in [1.29, 1.82) is 0 Å². The van der Waals surface area contributed by atoms with E-state index in [1.165, 1.54) is 6.07 Å². The van der Waals surface area contributed by atoms with Gasteiger partial charge >= 0.3 is 0 Å². The molecular formula is C9H12N2O3. The van der Waals surface area contributed by atoms with Gasteiger partial charge in [0, 0.05) is 20.2 Å². The van der Waals surface area contributed by atoms with Crippen LogP contribution in [0.1, 0.15) is 5.56 Å². The quantitative estimate of drug-likeness (QED) is 0.589. The van der Waals surface area contributed by atoms with Crippen LogP contribution in [0.5, 0.6) is 0 Å². The second-order valence-electron chi connectivity index (χ2n) is 2.79. The number of hydrogen-bond acceptors (Lipinski definition) is 4. The minimum Gasteiger partial charge on any atom is -0.383 e. The topological polar surface area (TPSA) is 64.4 Å². The molecule has 0 amide bonds. The standard InChI is InChI=1S/C9H12N2O3/c1-10-8-5-7(6-14-2)3-4-9(8)11(12)13/h3-5,10H,6H2,1-2H3. The predicted octanol–water partition coefficient (Wildman–Crippen LogP) is 1.78. The van der Waals surface area contributed by atoms with Gasteiger partial charge in [0.25, 0.3) is 5.69 Å². The zero-order valence-corrected chi connectivity index (χ0v) is 8.11. The van der Waals surface area contributed by atoms with Crippen molar-refractivity contribution in [2.75, 3.05) is 19.5 Å². The summed E-state index contributed by atoms with van der Waals surface area (Å²) in [5.74, 6) is 0. The summed E-state index contributed by atoms with van der Waals surface area (Å²) >= 11 is 0. The van der Waals surface area contributed by atoms with E-state index in [4.69, 9.17) is 4.74 Å². The molecule has 0 atom stereocenters. The minimum atomic E-state index is -0.414. The van der Waals surface area contributed by atoms with Crippen molar-refractivity contribution in [3.63, 3.8) is 0 Å². The summed E-state index contributed by atoms with van der Waals surface area (Å²) in [5, 5.41) is 13.4. The fourth-order valence-electron chi connectivity index (χ4n) is 1.20. The molecule has 1 aromatic rings. The molecule has 76 valence electrons. The Hall–Kier alpha value is -1.62. The molecule has 0 spiro atoms. The van der Waals surface area contributed by atoms with E-state index in [2.05, 4.69) is 5.32 Å². The molecule has 14 heavy (non-hydrogen) atoms. The van der Waals surface area contributed by atoms with Crippen LogP contribution >= 0.6 is 0 Å². The highest BCUT2D eigenvalue weighted by atomic mass is 16.6. The van der Waals surface area contributed by atoms with Crippen LogP contribution in [0.4, 0.5) is 11.4 Å². The van der Waals surface area contributed by atoms with Crippen molar-refractivity contribution in [3.8, 4) is 0 Å². The van der Waals surface area contributed by atoms with Crippen LogP contribution in [-0.4, -0.2) is 19.1 Å². The van der Waals surface area contributed by atoms with Crippen molar-refractivity contribution in [3.05, 3.63) is 33.9 Å². The Bertz CT molecular complexity index is 339. The predicted molar refractivity (Wildman–Crippen MR) is 53.4 cm³/mol. The molecule has 0 fully saturated rings. The summed E-state index contributed by atoms with van der Waals surface area (Å²) in [4.78, 5) is 10.2. The average Bonchev–Trinajstić information content (AvgIpc) is 2.17. The Labute approximate surface area is 81.8 Å². The minimum absolute atomic E-state index is 0.0763. The van der Waals surface area contributed by atoms with Crippen LogP contribution < -0.4 is 5.32 Å². The first-order chi connectivity index (χ1) is 6.69. The van der Waals surface area contributed by atoms with Crippen molar-refractivity contribution in [1.82, 2.24) is 0 Å². The third kappa shape index (κ3) is 2.20. The van der Waals surface area contributed by atoms with E-state index in [-0.39, 0.29) is 5.69 Å². The molecule has 1 N–H and O–H groups in total. The third-order valence-corrected chi connectivity index (χ3v) is 1.84. The van der Waals surface area contributed by atoms with Crippen molar-refractivity contribution in [2.24, 2.45) is 0 Å². The van der Waals surface area contributed by atoms with Gasteiger partial charge in [0.1, 0.15) is 5.69 Å². The Kier molecular flexibility index (Phi) is 3.41. The van der Waals surface area contributed by atoms with E-state index in [0.717, 1.165) is 5.56 Å². The maximum atomic E-state index is 10.6. The molecule has 0 unspecified atom stereocenters. The average molecular weight is 196 g/mol. The zero-order valence-electron chi connectivity index (χ0n) is 8.11. The monoisotopic (exact) mass is 196 g/mol. The van der Waals surface area contributed by atoms with Gasteiger partial charge in [-0.15, -0.1) is 0 Å². The molecule has 0 saturated carbocycles. The second-order valence-corrected chi connectivity index (χ2v) is 2.79. The molecule has 5 nitrogen and oxygen atoms in total. The number of nitro benzene ring substituents is 1. The highest BCUT2D eigenvalue weighted by molar-refractivity contribution is 5.62. The number of hydrogen-bond donors (Lipinski definition) is 1. The summed E-state index contributed by atoms with van der Waals surface area (Å²) in [5.41, 5.74) is 1.49. The molecule has 0 saturated heterocycles. The van der Waals surface area contributed by atoms with Crippen LogP contribution in [0, 0.1) is 10.1 Å². The summed E-state index contributed by atoms with van der Waals surface area (Å²) < 4.78 is 4.93. The summed E-state index contributed by atoms with van der Waals surface area (Å²) in [6.45, 7) is 0.451. The fraction of sp³-hybridized carbons (Fsp3) is 0.333. The number of nitrogens with zero attached hydrogens (tertiary/aromatic N) is 1. The van der Waals surface area contributed by atoms with Gasteiger partial charge in [-0.25, -0.2) is 0 Å². The Morgan fingerprint density at radius 2 is 2.29 bits per heavy atom. The van der Waals surface area contributed by atoms with Gasteiger partial charge in [-0.05, 0) is 17.7 Å². The first-order valence-corrected chi connectivity index (χ1v) is 4.13. The molecule has 0 aliphatic carbocycles. The molecule has 0 bridgehead atoms. The van der Waals surface area contributed by atoms with Crippen LogP contribution in [0.3, 0.4) is 0 Å². The van der Waals surface area contributed by atoms with Gasteiger partial charge in [0.05, 0.1) is 11.5 Å². The number of nitro groups is 1. The number of methoxy groups -OCH3 is 1. The van der Waals surface area contributed by atoms with E-state index < -0.39 is 4.92 Å². The lowest BCUT2D eigenvalue weighted by atomic mass is 10.2. The zero-order chi connectivity index (χ0) is 10.6. The van der Waals surface area contributed by atoms with Crippen molar-refractivity contribution in [2.45, 2.75) is 6.61 Å². The summed E-state index contributed by atoms with van der Waals surface area (Å²) in [7, 11) is 3.24. The van der Waals surface area contributed by atoms with Crippen LogP contribution in [0.25, 0.3) is 0 Å². The highest BCUT2D eigenvalue weighted by Crippen LogP contribution is 2.24. The smallest absolute Gasteiger partial charge is 0.292 e. The molecule has 5 heteroatoms.